The molecule has 162 valence electrons. The van der Waals surface area contributed by atoms with Crippen molar-refractivity contribution in [2.24, 2.45) is 5.92 Å². The third kappa shape index (κ3) is 4.00. The monoisotopic (exact) mass is 422 g/mol. The lowest BCUT2D eigenvalue weighted by atomic mass is 9.72. The first kappa shape index (κ1) is 20.9. The van der Waals surface area contributed by atoms with Gasteiger partial charge in [0.1, 0.15) is 0 Å². The van der Waals surface area contributed by atoms with E-state index < -0.39 is 5.41 Å². The van der Waals surface area contributed by atoms with Gasteiger partial charge >= 0.3 is 11.8 Å². The minimum absolute atomic E-state index is 0.0134. The van der Waals surface area contributed by atoms with Gasteiger partial charge in [-0.05, 0) is 24.0 Å². The molecule has 0 saturated carbocycles. The van der Waals surface area contributed by atoms with Gasteiger partial charge in [0.2, 0.25) is 5.95 Å². The van der Waals surface area contributed by atoms with E-state index in [0.717, 1.165) is 16.7 Å². The maximum Gasteiger partial charge on any atom is 0.316 e. The Balaban J connectivity index is 1.62. The van der Waals surface area contributed by atoms with Crippen molar-refractivity contribution in [2.45, 2.75) is 26.2 Å². The lowest BCUT2D eigenvalue weighted by Gasteiger charge is -2.31. The molecule has 0 radical (unpaired) electrons. The number of nitrogens with two attached hydrogens (primary N) is 1. The zero-order valence-corrected chi connectivity index (χ0v) is 17.9. The van der Waals surface area contributed by atoms with Crippen LogP contribution in [0.25, 0.3) is 11.1 Å². The van der Waals surface area contributed by atoms with Crippen molar-refractivity contribution in [3.05, 3.63) is 53.9 Å². The Kier molecular flexibility index (Phi) is 5.69. The first-order valence-corrected chi connectivity index (χ1v) is 10.3. The number of benzene rings is 1. The number of hydrogen-bond acceptors (Lipinski definition) is 8. The van der Waals surface area contributed by atoms with Gasteiger partial charge in [-0.15, -0.1) is 0 Å². The van der Waals surface area contributed by atoms with Gasteiger partial charge < -0.3 is 19.9 Å². The summed E-state index contributed by atoms with van der Waals surface area (Å²) in [6.07, 6.45) is 3.39. The summed E-state index contributed by atoms with van der Waals surface area (Å²) in [6, 6.07) is 8.08. The summed E-state index contributed by atoms with van der Waals surface area (Å²) in [7, 11) is 0. The summed E-state index contributed by atoms with van der Waals surface area (Å²) in [5.74, 6) is 0.642. The van der Waals surface area contributed by atoms with E-state index >= 15 is 0 Å². The van der Waals surface area contributed by atoms with E-state index in [0.29, 0.717) is 32.1 Å². The van der Waals surface area contributed by atoms with Gasteiger partial charge in [-0.2, -0.15) is 4.98 Å². The number of morpholine rings is 1. The van der Waals surface area contributed by atoms with Crippen molar-refractivity contribution in [1.29, 1.82) is 0 Å². The molecule has 0 bridgehead atoms. The average molecular weight is 422 g/mol. The Morgan fingerprint density at radius 2 is 1.74 bits per heavy atom. The SMILES string of the molecule is CC(C)C(C)(c1ccc(-c2cnc(N)nc2)cc1)c1noc(C(=O)N2CCOCC2)n1. The Hall–Kier alpha value is -3.33. The second kappa shape index (κ2) is 8.43. The van der Waals surface area contributed by atoms with Crippen molar-refractivity contribution in [3.63, 3.8) is 0 Å². The van der Waals surface area contributed by atoms with Crippen LogP contribution in [0, 0.1) is 5.92 Å². The van der Waals surface area contributed by atoms with Crippen LogP contribution in [0.3, 0.4) is 0 Å². The number of aromatic nitrogens is 4. The highest BCUT2D eigenvalue weighted by Gasteiger charge is 2.38. The van der Waals surface area contributed by atoms with Crippen LogP contribution < -0.4 is 5.73 Å². The van der Waals surface area contributed by atoms with Crippen LogP contribution in [-0.2, 0) is 10.2 Å². The molecule has 1 aromatic carbocycles. The molecule has 2 aromatic heterocycles. The number of nitrogens with zero attached hydrogens (tertiary/aromatic N) is 5. The first-order valence-electron chi connectivity index (χ1n) is 10.3. The third-order valence-corrected chi connectivity index (χ3v) is 6.02. The van der Waals surface area contributed by atoms with Gasteiger partial charge in [0.25, 0.3) is 0 Å². The summed E-state index contributed by atoms with van der Waals surface area (Å²) in [5, 5.41) is 4.19. The van der Waals surface area contributed by atoms with Crippen LogP contribution >= 0.6 is 0 Å². The molecule has 2 N–H and O–H groups in total. The van der Waals surface area contributed by atoms with Gasteiger partial charge in [0.05, 0.1) is 18.6 Å². The Morgan fingerprint density at radius 1 is 1.10 bits per heavy atom. The van der Waals surface area contributed by atoms with Crippen molar-refractivity contribution in [2.75, 3.05) is 32.0 Å². The first-order chi connectivity index (χ1) is 14.9. The van der Waals surface area contributed by atoms with Crippen LogP contribution in [0.5, 0.6) is 0 Å². The zero-order chi connectivity index (χ0) is 22.0. The number of anilines is 1. The Morgan fingerprint density at radius 3 is 2.35 bits per heavy atom. The molecule has 1 fully saturated rings. The number of carbonyl (C=O) groups is 1. The second-order valence-electron chi connectivity index (χ2n) is 8.09. The Bertz CT molecular complexity index is 1040. The van der Waals surface area contributed by atoms with Gasteiger partial charge in [0, 0.05) is 31.0 Å². The molecule has 1 amide bonds. The lowest BCUT2D eigenvalue weighted by Crippen LogP contribution is -2.41. The molecule has 1 atom stereocenters. The van der Waals surface area contributed by atoms with Crippen LogP contribution in [0.4, 0.5) is 5.95 Å². The fraction of sp³-hybridized carbons (Fsp3) is 0.409. The highest BCUT2D eigenvalue weighted by Crippen LogP contribution is 2.38. The standard InChI is InChI=1S/C22H26N6O3/c1-14(2)22(3,17-6-4-15(5-7-17)16-12-24-21(23)25-13-16)20-26-18(31-27-20)19(29)28-8-10-30-11-9-28/h4-7,12-14H,8-11H2,1-3H3,(H2,23,24,25). The normalized spacial score (nSPS) is 16.3. The van der Waals surface area contributed by atoms with Crippen LogP contribution in [-0.4, -0.2) is 57.2 Å². The Labute approximate surface area is 180 Å². The maximum atomic E-state index is 12.7. The smallest absolute Gasteiger partial charge is 0.316 e. The molecule has 1 aliphatic heterocycles. The van der Waals surface area contributed by atoms with E-state index in [2.05, 4.69) is 40.9 Å². The second-order valence-corrected chi connectivity index (χ2v) is 8.09. The van der Waals surface area contributed by atoms with E-state index in [9.17, 15) is 4.79 Å². The number of carbonyl (C=O) groups excluding carboxylic acids is 1. The summed E-state index contributed by atoms with van der Waals surface area (Å²) in [6.45, 7) is 8.34. The maximum absolute atomic E-state index is 12.7. The molecule has 1 aliphatic rings. The molecule has 0 aliphatic carbocycles. The van der Waals surface area contributed by atoms with Gasteiger partial charge in [-0.1, -0.05) is 43.3 Å². The number of nitrogen functional groups attached to an aromatic ring is 1. The molecular formula is C22H26N6O3. The fourth-order valence-corrected chi connectivity index (χ4v) is 3.64. The molecule has 0 spiro atoms. The van der Waals surface area contributed by atoms with Gasteiger partial charge in [-0.3, -0.25) is 4.79 Å². The average Bonchev–Trinajstić information content (AvgIpc) is 3.30. The predicted molar refractivity (Wildman–Crippen MR) is 114 cm³/mol. The lowest BCUT2D eigenvalue weighted by molar-refractivity contribution is 0.0272. The molecule has 3 aromatic rings. The topological polar surface area (TPSA) is 120 Å². The molecule has 1 unspecified atom stereocenters. The zero-order valence-electron chi connectivity index (χ0n) is 17.9. The van der Waals surface area contributed by atoms with E-state index in [1.807, 2.05) is 24.3 Å². The molecular weight excluding hydrogens is 396 g/mol. The molecule has 31 heavy (non-hydrogen) atoms. The van der Waals surface area contributed by atoms with E-state index in [1.54, 1.807) is 17.3 Å². The van der Waals surface area contributed by atoms with Crippen molar-refractivity contribution < 1.29 is 14.1 Å². The predicted octanol–water partition coefficient (Wildman–Crippen LogP) is 2.54. The number of amides is 1. The minimum atomic E-state index is -0.539. The largest absolute Gasteiger partial charge is 0.378 e. The fourth-order valence-electron chi connectivity index (χ4n) is 3.64. The van der Waals surface area contributed by atoms with Crippen molar-refractivity contribution in [3.8, 4) is 11.1 Å². The third-order valence-electron chi connectivity index (χ3n) is 6.02. The molecule has 9 heteroatoms. The van der Waals surface area contributed by atoms with Crippen LogP contribution in [0.2, 0.25) is 0 Å². The van der Waals surface area contributed by atoms with Crippen molar-refractivity contribution in [1.82, 2.24) is 25.0 Å². The quantitative estimate of drug-likeness (QED) is 0.666. The summed E-state index contributed by atoms with van der Waals surface area (Å²) >= 11 is 0. The summed E-state index contributed by atoms with van der Waals surface area (Å²) in [4.78, 5) is 27.0. The van der Waals surface area contributed by atoms with Crippen LogP contribution in [0.15, 0.2) is 41.2 Å². The number of rotatable bonds is 5. The highest BCUT2D eigenvalue weighted by atomic mass is 16.5. The van der Waals surface area contributed by atoms with E-state index in [-0.39, 0.29) is 23.7 Å². The van der Waals surface area contributed by atoms with E-state index in [1.165, 1.54) is 0 Å². The van der Waals surface area contributed by atoms with Gasteiger partial charge in [-0.25, -0.2) is 9.97 Å². The summed E-state index contributed by atoms with van der Waals surface area (Å²) in [5.41, 5.74) is 7.92. The van der Waals surface area contributed by atoms with Gasteiger partial charge in [0.15, 0.2) is 5.82 Å². The molecule has 4 rings (SSSR count). The number of ether oxygens (including phenoxy) is 1. The highest BCUT2D eigenvalue weighted by molar-refractivity contribution is 5.89. The van der Waals surface area contributed by atoms with E-state index in [4.69, 9.17) is 15.0 Å². The molecule has 3 heterocycles. The molecule has 9 nitrogen and oxygen atoms in total. The van der Waals surface area contributed by atoms with Crippen LogP contribution in [0.1, 0.15) is 42.8 Å². The number of hydrogen-bond donors (Lipinski definition) is 1. The summed E-state index contributed by atoms with van der Waals surface area (Å²) < 4.78 is 10.7. The minimum Gasteiger partial charge on any atom is -0.378 e. The van der Waals surface area contributed by atoms with Crippen molar-refractivity contribution >= 4 is 11.9 Å². The molecule has 1 saturated heterocycles.